The third kappa shape index (κ3) is 2.85. The van der Waals surface area contributed by atoms with E-state index in [2.05, 4.69) is 0 Å². The van der Waals surface area contributed by atoms with Crippen molar-refractivity contribution >= 4 is 22.9 Å². The lowest BCUT2D eigenvalue weighted by atomic mass is 10.2. The monoisotopic (exact) mass is 286 g/mol. The minimum absolute atomic E-state index is 0.155. The van der Waals surface area contributed by atoms with Gasteiger partial charge in [0.25, 0.3) is 5.91 Å². The van der Waals surface area contributed by atoms with Crippen molar-refractivity contribution < 1.29 is 4.79 Å². The predicted octanol–water partition coefficient (Wildman–Crippen LogP) is 3.44. The fraction of sp³-hybridized carbons (Fsp3) is 0.312. The normalized spacial score (nSPS) is 14.2. The molecule has 1 amide bonds. The highest BCUT2D eigenvalue weighted by atomic mass is 32.1. The molecule has 1 aliphatic carbocycles. The zero-order valence-corrected chi connectivity index (χ0v) is 12.3. The summed E-state index contributed by atoms with van der Waals surface area (Å²) in [7, 11) is 0. The van der Waals surface area contributed by atoms with Crippen molar-refractivity contribution in [3.05, 3.63) is 51.7 Å². The predicted molar refractivity (Wildman–Crippen MR) is 82.8 cm³/mol. The van der Waals surface area contributed by atoms with Crippen LogP contribution in [0.4, 0.5) is 5.69 Å². The lowest BCUT2D eigenvalue weighted by Gasteiger charge is -2.22. The number of carbonyl (C=O) groups is 1. The summed E-state index contributed by atoms with van der Waals surface area (Å²) in [4.78, 5) is 16.6. The van der Waals surface area contributed by atoms with Crippen LogP contribution < -0.4 is 5.73 Å². The molecular formula is C16H18N2OS. The smallest absolute Gasteiger partial charge is 0.264 e. The molecule has 0 saturated heterocycles. The van der Waals surface area contributed by atoms with Crippen LogP contribution in [0.3, 0.4) is 0 Å². The SMILES string of the molecule is Cc1ccc(C(=O)N(Cc2ccc(N)cc2)C2CC2)s1. The maximum Gasteiger partial charge on any atom is 0.264 e. The Morgan fingerprint density at radius 3 is 2.50 bits per heavy atom. The Kier molecular flexibility index (Phi) is 3.49. The number of benzene rings is 1. The number of nitrogens with zero attached hydrogens (tertiary/aromatic N) is 1. The number of thiophene rings is 1. The molecule has 1 aromatic heterocycles. The first kappa shape index (κ1) is 13.2. The Bertz CT molecular complexity index is 614. The maximum atomic E-state index is 12.6. The van der Waals surface area contributed by atoms with Crippen molar-refractivity contribution in [3.8, 4) is 0 Å². The van der Waals surface area contributed by atoms with Gasteiger partial charge in [-0.05, 0) is 49.6 Å². The third-order valence-corrected chi connectivity index (χ3v) is 4.52. The molecule has 2 N–H and O–H groups in total. The van der Waals surface area contributed by atoms with Crippen molar-refractivity contribution in [2.75, 3.05) is 5.73 Å². The third-order valence-electron chi connectivity index (χ3n) is 3.53. The number of aryl methyl sites for hydroxylation is 1. The molecule has 0 bridgehead atoms. The van der Waals surface area contributed by atoms with Gasteiger partial charge in [-0.3, -0.25) is 4.79 Å². The molecule has 4 heteroatoms. The summed E-state index contributed by atoms with van der Waals surface area (Å²) >= 11 is 1.57. The molecule has 3 rings (SSSR count). The van der Waals surface area contributed by atoms with E-state index in [1.807, 2.05) is 48.2 Å². The Morgan fingerprint density at radius 2 is 1.95 bits per heavy atom. The molecule has 3 nitrogen and oxygen atoms in total. The van der Waals surface area contributed by atoms with Gasteiger partial charge in [0.1, 0.15) is 0 Å². The van der Waals surface area contributed by atoms with E-state index in [0.29, 0.717) is 12.6 Å². The van der Waals surface area contributed by atoms with Gasteiger partial charge in [0.2, 0.25) is 0 Å². The summed E-state index contributed by atoms with van der Waals surface area (Å²) in [6.45, 7) is 2.70. The van der Waals surface area contributed by atoms with Gasteiger partial charge in [-0.2, -0.15) is 0 Å². The zero-order chi connectivity index (χ0) is 14.1. The van der Waals surface area contributed by atoms with Gasteiger partial charge in [0.15, 0.2) is 0 Å². The van der Waals surface area contributed by atoms with Crippen LogP contribution in [0.25, 0.3) is 0 Å². The van der Waals surface area contributed by atoms with Gasteiger partial charge in [0, 0.05) is 23.2 Å². The number of hydrogen-bond acceptors (Lipinski definition) is 3. The number of rotatable bonds is 4. The highest BCUT2D eigenvalue weighted by molar-refractivity contribution is 7.13. The molecule has 0 spiro atoms. The molecule has 1 aromatic carbocycles. The van der Waals surface area contributed by atoms with Gasteiger partial charge in [-0.15, -0.1) is 11.3 Å². The summed E-state index contributed by atoms with van der Waals surface area (Å²) in [5.41, 5.74) is 7.59. The van der Waals surface area contributed by atoms with Crippen LogP contribution in [0.5, 0.6) is 0 Å². The van der Waals surface area contributed by atoms with Crippen LogP contribution in [0.2, 0.25) is 0 Å². The molecule has 104 valence electrons. The van der Waals surface area contributed by atoms with E-state index in [1.54, 1.807) is 11.3 Å². The Hall–Kier alpha value is -1.81. The summed E-state index contributed by atoms with van der Waals surface area (Å²) in [6.07, 6.45) is 2.23. The fourth-order valence-electron chi connectivity index (χ4n) is 2.26. The van der Waals surface area contributed by atoms with E-state index < -0.39 is 0 Å². The van der Waals surface area contributed by atoms with Crippen LogP contribution in [-0.2, 0) is 6.54 Å². The Balaban J connectivity index is 1.79. The number of nitrogens with two attached hydrogens (primary N) is 1. The number of carbonyl (C=O) groups excluding carboxylic acids is 1. The number of nitrogen functional groups attached to an aromatic ring is 1. The summed E-state index contributed by atoms with van der Waals surface area (Å²) in [5, 5.41) is 0. The quantitative estimate of drug-likeness (QED) is 0.875. The summed E-state index contributed by atoms with van der Waals surface area (Å²) in [5.74, 6) is 0.155. The standard InChI is InChI=1S/C16H18N2OS/c1-11-2-9-15(20-11)16(19)18(14-7-8-14)10-12-3-5-13(17)6-4-12/h2-6,9,14H,7-8,10,17H2,1H3. The first-order valence-corrected chi connectivity index (χ1v) is 7.67. The van der Waals surface area contributed by atoms with E-state index in [1.165, 1.54) is 4.88 Å². The van der Waals surface area contributed by atoms with E-state index in [-0.39, 0.29) is 5.91 Å². The zero-order valence-electron chi connectivity index (χ0n) is 11.5. The van der Waals surface area contributed by atoms with Crippen molar-refractivity contribution in [1.29, 1.82) is 0 Å². The molecule has 0 radical (unpaired) electrons. The highest BCUT2D eigenvalue weighted by Gasteiger charge is 2.33. The van der Waals surface area contributed by atoms with Crippen LogP contribution in [0, 0.1) is 6.92 Å². The second-order valence-corrected chi connectivity index (χ2v) is 6.60. The van der Waals surface area contributed by atoms with E-state index in [0.717, 1.165) is 29.0 Å². The number of anilines is 1. The molecule has 1 aliphatic rings. The van der Waals surface area contributed by atoms with E-state index >= 15 is 0 Å². The van der Waals surface area contributed by atoms with Gasteiger partial charge in [0.05, 0.1) is 4.88 Å². The van der Waals surface area contributed by atoms with Crippen LogP contribution in [0.1, 0.15) is 33.0 Å². The van der Waals surface area contributed by atoms with Gasteiger partial charge in [-0.25, -0.2) is 0 Å². The second-order valence-electron chi connectivity index (χ2n) is 5.32. The van der Waals surface area contributed by atoms with Crippen molar-refractivity contribution in [2.24, 2.45) is 0 Å². The Morgan fingerprint density at radius 1 is 1.25 bits per heavy atom. The molecule has 0 aliphatic heterocycles. The molecule has 2 aromatic rings. The maximum absolute atomic E-state index is 12.6. The number of hydrogen-bond donors (Lipinski definition) is 1. The summed E-state index contributed by atoms with van der Waals surface area (Å²) < 4.78 is 0. The minimum atomic E-state index is 0.155. The van der Waals surface area contributed by atoms with Crippen molar-refractivity contribution in [1.82, 2.24) is 4.90 Å². The first-order chi connectivity index (χ1) is 9.63. The molecule has 20 heavy (non-hydrogen) atoms. The largest absolute Gasteiger partial charge is 0.399 e. The topological polar surface area (TPSA) is 46.3 Å². The average molecular weight is 286 g/mol. The van der Waals surface area contributed by atoms with Crippen LogP contribution in [-0.4, -0.2) is 16.8 Å². The Labute approximate surface area is 123 Å². The molecule has 1 fully saturated rings. The van der Waals surface area contributed by atoms with Crippen molar-refractivity contribution in [2.45, 2.75) is 32.4 Å². The van der Waals surface area contributed by atoms with Crippen LogP contribution in [0.15, 0.2) is 36.4 Å². The number of amides is 1. The molecular weight excluding hydrogens is 268 g/mol. The lowest BCUT2D eigenvalue weighted by Crippen LogP contribution is -2.32. The van der Waals surface area contributed by atoms with Crippen molar-refractivity contribution in [3.63, 3.8) is 0 Å². The molecule has 0 atom stereocenters. The highest BCUT2D eigenvalue weighted by Crippen LogP contribution is 2.31. The average Bonchev–Trinajstić information content (AvgIpc) is 3.19. The molecule has 0 unspecified atom stereocenters. The molecule has 1 saturated carbocycles. The summed E-state index contributed by atoms with van der Waals surface area (Å²) in [6, 6.07) is 12.1. The van der Waals surface area contributed by atoms with Gasteiger partial charge < -0.3 is 10.6 Å². The molecule has 1 heterocycles. The first-order valence-electron chi connectivity index (χ1n) is 6.85. The van der Waals surface area contributed by atoms with Gasteiger partial charge in [-0.1, -0.05) is 12.1 Å². The lowest BCUT2D eigenvalue weighted by molar-refractivity contribution is 0.0735. The second kappa shape index (κ2) is 5.29. The van der Waals surface area contributed by atoms with E-state index in [9.17, 15) is 4.79 Å². The van der Waals surface area contributed by atoms with Crippen LogP contribution >= 0.6 is 11.3 Å². The minimum Gasteiger partial charge on any atom is -0.399 e. The van der Waals surface area contributed by atoms with E-state index in [4.69, 9.17) is 5.73 Å². The van der Waals surface area contributed by atoms with Gasteiger partial charge >= 0.3 is 0 Å². The fourth-order valence-corrected chi connectivity index (χ4v) is 3.09.